The Morgan fingerprint density at radius 3 is 2.79 bits per heavy atom. The molecule has 1 aromatic carbocycles. The number of hydrogen-bond donors (Lipinski definition) is 1. The summed E-state index contributed by atoms with van der Waals surface area (Å²) in [5, 5.41) is 8.18. The van der Waals surface area contributed by atoms with Crippen molar-refractivity contribution in [1.29, 1.82) is 0 Å². The molecule has 1 atom stereocenters. The van der Waals surface area contributed by atoms with E-state index >= 15 is 0 Å². The van der Waals surface area contributed by atoms with Crippen molar-refractivity contribution in [3.8, 4) is 0 Å². The molecule has 2 aromatic rings. The number of rotatable bonds is 4. The van der Waals surface area contributed by atoms with Crippen molar-refractivity contribution in [3.63, 3.8) is 0 Å². The van der Waals surface area contributed by atoms with Crippen LogP contribution < -0.4 is 5.32 Å². The number of hydrogen-bond acceptors (Lipinski definition) is 6. The van der Waals surface area contributed by atoms with Crippen LogP contribution in [0.25, 0.3) is 11.0 Å². The third kappa shape index (κ3) is 3.39. The zero-order valence-corrected chi connectivity index (χ0v) is 16.3. The first kappa shape index (κ1) is 18.6. The summed E-state index contributed by atoms with van der Waals surface area (Å²) >= 11 is 0. The Bertz CT molecular complexity index is 1090. The molecule has 148 valence electrons. The summed E-state index contributed by atoms with van der Waals surface area (Å²) < 4.78 is 25.3. The minimum absolute atomic E-state index is 0.0407. The van der Waals surface area contributed by atoms with Gasteiger partial charge in [-0.25, -0.2) is 18.4 Å². The summed E-state index contributed by atoms with van der Waals surface area (Å²) in [6, 6.07) is 7.09. The van der Waals surface area contributed by atoms with Crippen LogP contribution in [-0.2, 0) is 26.0 Å². The van der Waals surface area contributed by atoms with Gasteiger partial charge in [-0.2, -0.15) is 5.10 Å². The summed E-state index contributed by atoms with van der Waals surface area (Å²) in [5.74, 6) is -0.326. The Morgan fingerprint density at radius 1 is 1.29 bits per heavy atom. The number of amides is 2. The van der Waals surface area contributed by atoms with Crippen LogP contribution in [0.15, 0.2) is 29.4 Å². The van der Waals surface area contributed by atoms with Crippen molar-refractivity contribution >= 4 is 44.3 Å². The number of aromatic nitrogens is 2. The number of nitrogens with zero attached hydrogens (tertiary/aromatic N) is 4. The zero-order chi connectivity index (χ0) is 19.9. The molecule has 0 bridgehead atoms. The van der Waals surface area contributed by atoms with Crippen LogP contribution in [0.4, 0.5) is 5.95 Å². The number of benzene rings is 1. The maximum Gasteiger partial charge on any atom is 0.274 e. The second-order valence-electron chi connectivity index (χ2n) is 6.96. The van der Waals surface area contributed by atoms with Crippen molar-refractivity contribution < 1.29 is 18.0 Å². The number of nitrogens with one attached hydrogen (secondary N) is 1. The van der Waals surface area contributed by atoms with Crippen molar-refractivity contribution in [1.82, 2.24) is 14.6 Å². The monoisotopic (exact) mass is 403 g/mol. The molecule has 0 spiro atoms. The minimum Gasteiger partial charge on any atom is -0.310 e. The summed E-state index contributed by atoms with van der Waals surface area (Å²) in [6.07, 6.45) is 0.693. The molecule has 0 aliphatic carbocycles. The van der Waals surface area contributed by atoms with E-state index in [0.717, 1.165) is 11.0 Å². The largest absolute Gasteiger partial charge is 0.310 e. The molecule has 28 heavy (non-hydrogen) atoms. The van der Waals surface area contributed by atoms with E-state index in [1.807, 2.05) is 35.8 Å². The van der Waals surface area contributed by atoms with Crippen molar-refractivity contribution in [2.24, 2.45) is 5.10 Å². The van der Waals surface area contributed by atoms with E-state index in [1.54, 1.807) is 0 Å². The molecule has 1 N–H and O–H groups in total. The van der Waals surface area contributed by atoms with Crippen LogP contribution in [0.5, 0.6) is 0 Å². The van der Waals surface area contributed by atoms with E-state index in [-0.39, 0.29) is 36.0 Å². The Kier molecular flexibility index (Phi) is 4.66. The highest BCUT2D eigenvalue weighted by molar-refractivity contribution is 7.91. The molecule has 10 heteroatoms. The van der Waals surface area contributed by atoms with Crippen molar-refractivity contribution in [3.05, 3.63) is 24.3 Å². The van der Waals surface area contributed by atoms with Crippen LogP contribution in [-0.4, -0.2) is 58.1 Å². The van der Waals surface area contributed by atoms with Crippen molar-refractivity contribution in [2.45, 2.75) is 38.8 Å². The molecule has 3 heterocycles. The van der Waals surface area contributed by atoms with Gasteiger partial charge in [0.2, 0.25) is 11.9 Å². The van der Waals surface area contributed by atoms with Gasteiger partial charge < -0.3 is 4.57 Å². The SMILES string of the molecule is CCn1c(NC(=O)C2=NN([C@@H]3CCS(=O)(=O)C3)C(=O)CC2)nc2ccccc21. The van der Waals surface area contributed by atoms with E-state index in [9.17, 15) is 18.0 Å². The molecule has 2 amide bonds. The molecule has 2 aliphatic rings. The number of aryl methyl sites for hydroxylation is 1. The van der Waals surface area contributed by atoms with Gasteiger partial charge in [0.15, 0.2) is 9.84 Å². The van der Waals surface area contributed by atoms with Crippen LogP contribution in [0, 0.1) is 0 Å². The standard InChI is InChI=1S/C18H21N5O4S/c1-2-22-15-6-4-3-5-13(15)19-18(22)20-17(25)14-7-8-16(24)23(21-14)12-9-10-28(26,27)11-12/h3-6,12H,2,7-11H2,1H3,(H,19,20,25)/t12-/m1/s1. The van der Waals surface area contributed by atoms with Gasteiger partial charge in [0.25, 0.3) is 5.91 Å². The molecule has 4 rings (SSSR count). The maximum atomic E-state index is 12.8. The summed E-state index contributed by atoms with van der Waals surface area (Å²) in [6.45, 7) is 2.59. The maximum absolute atomic E-state index is 12.8. The third-order valence-corrected chi connectivity index (χ3v) is 6.82. The molecular formula is C18H21N5O4S. The van der Waals surface area contributed by atoms with Gasteiger partial charge in [0.05, 0.1) is 28.6 Å². The van der Waals surface area contributed by atoms with Crippen LogP contribution in [0.1, 0.15) is 26.2 Å². The number of carbonyl (C=O) groups is 2. The van der Waals surface area contributed by atoms with Crippen LogP contribution in [0.3, 0.4) is 0 Å². The third-order valence-electron chi connectivity index (χ3n) is 5.07. The van der Waals surface area contributed by atoms with Gasteiger partial charge in [-0.1, -0.05) is 12.1 Å². The molecule has 9 nitrogen and oxygen atoms in total. The highest BCUT2D eigenvalue weighted by atomic mass is 32.2. The Morgan fingerprint density at radius 2 is 2.07 bits per heavy atom. The van der Waals surface area contributed by atoms with Crippen LogP contribution in [0.2, 0.25) is 0 Å². The van der Waals surface area contributed by atoms with Gasteiger partial charge in [0, 0.05) is 19.4 Å². The zero-order valence-electron chi connectivity index (χ0n) is 15.5. The van der Waals surface area contributed by atoms with E-state index in [0.29, 0.717) is 18.9 Å². The molecule has 1 saturated heterocycles. The molecule has 2 aliphatic heterocycles. The van der Waals surface area contributed by atoms with Gasteiger partial charge in [-0.15, -0.1) is 0 Å². The molecule has 0 unspecified atom stereocenters. The van der Waals surface area contributed by atoms with E-state index in [2.05, 4.69) is 15.4 Å². The highest BCUT2D eigenvalue weighted by Gasteiger charge is 2.37. The number of imidazole rings is 1. The Balaban J connectivity index is 1.58. The highest BCUT2D eigenvalue weighted by Crippen LogP contribution is 2.23. The molecule has 0 saturated carbocycles. The fraction of sp³-hybridized carbons (Fsp3) is 0.444. The van der Waals surface area contributed by atoms with E-state index in [4.69, 9.17) is 0 Å². The fourth-order valence-electron chi connectivity index (χ4n) is 3.65. The average molecular weight is 403 g/mol. The topological polar surface area (TPSA) is 114 Å². The van der Waals surface area contributed by atoms with E-state index in [1.165, 1.54) is 5.01 Å². The number of sulfone groups is 1. The lowest BCUT2D eigenvalue weighted by atomic mass is 10.1. The second kappa shape index (κ2) is 7.01. The minimum atomic E-state index is -3.16. The van der Waals surface area contributed by atoms with E-state index < -0.39 is 21.8 Å². The lowest BCUT2D eigenvalue weighted by molar-refractivity contribution is -0.133. The summed E-state index contributed by atoms with van der Waals surface area (Å²) in [5.41, 5.74) is 1.90. The quantitative estimate of drug-likeness (QED) is 0.823. The molecule has 0 radical (unpaired) electrons. The summed E-state index contributed by atoms with van der Waals surface area (Å²) in [4.78, 5) is 29.4. The lowest BCUT2D eigenvalue weighted by Gasteiger charge is -2.27. The van der Waals surface area contributed by atoms with Crippen molar-refractivity contribution in [2.75, 3.05) is 16.8 Å². The van der Waals surface area contributed by atoms with Gasteiger partial charge >= 0.3 is 0 Å². The smallest absolute Gasteiger partial charge is 0.274 e. The Labute approximate surface area is 162 Å². The number of hydrazone groups is 1. The number of fused-ring (bicyclic) bond motifs is 1. The summed E-state index contributed by atoms with van der Waals surface area (Å²) in [7, 11) is -3.16. The van der Waals surface area contributed by atoms with Gasteiger partial charge in [0.1, 0.15) is 5.71 Å². The fourth-order valence-corrected chi connectivity index (χ4v) is 5.34. The molecular weight excluding hydrogens is 382 g/mol. The number of anilines is 1. The van der Waals surface area contributed by atoms with Crippen LogP contribution >= 0.6 is 0 Å². The van der Waals surface area contributed by atoms with Gasteiger partial charge in [-0.05, 0) is 25.5 Å². The first-order chi connectivity index (χ1) is 13.4. The predicted octanol–water partition coefficient (Wildman–Crippen LogP) is 1.16. The molecule has 1 aromatic heterocycles. The second-order valence-corrected chi connectivity index (χ2v) is 9.19. The first-order valence-electron chi connectivity index (χ1n) is 9.24. The average Bonchev–Trinajstić information content (AvgIpc) is 3.20. The first-order valence-corrected chi connectivity index (χ1v) is 11.1. The predicted molar refractivity (Wildman–Crippen MR) is 105 cm³/mol. The molecule has 1 fully saturated rings. The van der Waals surface area contributed by atoms with Gasteiger partial charge in [-0.3, -0.25) is 14.9 Å². The lowest BCUT2D eigenvalue weighted by Crippen LogP contribution is -2.42. The number of para-hydroxylation sites is 2. The normalized spacial score (nSPS) is 21.8. The Hall–Kier alpha value is -2.75. The number of carbonyl (C=O) groups excluding carboxylic acids is 2.